The maximum atomic E-state index is 6.34. The molecule has 0 saturated heterocycles. The van der Waals surface area contributed by atoms with Crippen molar-refractivity contribution in [3.05, 3.63) is 73.9 Å². The van der Waals surface area contributed by atoms with E-state index in [1.54, 1.807) is 6.20 Å². The van der Waals surface area contributed by atoms with Crippen molar-refractivity contribution in [2.75, 3.05) is 5.32 Å². The zero-order valence-electron chi connectivity index (χ0n) is 13.4. The number of hydrogen-bond donors (Lipinski definition) is 2. The van der Waals surface area contributed by atoms with E-state index in [-0.39, 0.29) is 0 Å². The Bertz CT molecular complexity index is 1070. The average Bonchev–Trinajstić information content (AvgIpc) is 3.18. The van der Waals surface area contributed by atoms with Crippen LogP contribution in [0.1, 0.15) is 16.0 Å². The molecule has 0 saturated carbocycles. The Morgan fingerprint density at radius 3 is 2.81 bits per heavy atom. The third-order valence-electron chi connectivity index (χ3n) is 3.97. The molecule has 0 bridgehead atoms. The number of benzene rings is 1. The molecule has 4 aromatic rings. The molecule has 0 aliphatic heterocycles. The number of pyridine rings is 1. The molecule has 0 aliphatic rings. The van der Waals surface area contributed by atoms with Crippen LogP contribution in [0.15, 0.2) is 42.7 Å². The minimum Gasteiger partial charge on any atom is -0.357 e. The second-order valence-corrected chi connectivity index (χ2v) is 8.00. The van der Waals surface area contributed by atoms with Gasteiger partial charge in [0.2, 0.25) is 0 Å². The van der Waals surface area contributed by atoms with Crippen molar-refractivity contribution in [3.63, 3.8) is 0 Å². The van der Waals surface area contributed by atoms with E-state index in [4.69, 9.17) is 34.8 Å². The molecule has 4 nitrogen and oxygen atoms in total. The van der Waals surface area contributed by atoms with Crippen molar-refractivity contribution in [3.8, 4) is 0 Å². The van der Waals surface area contributed by atoms with Gasteiger partial charge in [-0.1, -0.05) is 53.0 Å². The molecule has 0 atom stereocenters. The number of anilines is 1. The summed E-state index contributed by atoms with van der Waals surface area (Å²) in [4.78, 5) is 12.8. The summed E-state index contributed by atoms with van der Waals surface area (Å²) in [6.45, 7) is 0.593. The summed E-state index contributed by atoms with van der Waals surface area (Å²) in [7, 11) is 0. The Morgan fingerprint density at radius 1 is 1.12 bits per heavy atom. The standard InChI is InChI=1S/C18H13Cl3N4S/c19-12-6-13-11(8-22-17(13)23-9-12)5-15-16(21)25-18(26-15)24-7-10-3-1-2-4-14(10)20/h1-4,6,8-9H,5,7H2,(H,22,23)(H,24,25). The largest absolute Gasteiger partial charge is 0.357 e. The summed E-state index contributed by atoms with van der Waals surface area (Å²) in [6.07, 6.45) is 4.22. The van der Waals surface area contributed by atoms with Crippen molar-refractivity contribution < 1.29 is 0 Å². The third kappa shape index (κ3) is 3.67. The van der Waals surface area contributed by atoms with Crippen LogP contribution in [0.4, 0.5) is 5.13 Å². The first-order valence-corrected chi connectivity index (χ1v) is 9.79. The van der Waals surface area contributed by atoms with Gasteiger partial charge in [-0.05, 0) is 23.3 Å². The molecule has 2 N–H and O–H groups in total. The quantitative estimate of drug-likeness (QED) is 0.403. The lowest BCUT2D eigenvalue weighted by Gasteiger charge is -2.04. The number of rotatable bonds is 5. The molecule has 3 heterocycles. The summed E-state index contributed by atoms with van der Waals surface area (Å²) in [5, 5.41) is 6.88. The molecular formula is C18H13Cl3N4S. The van der Waals surface area contributed by atoms with Gasteiger partial charge in [0.15, 0.2) is 5.13 Å². The van der Waals surface area contributed by atoms with Gasteiger partial charge in [0.25, 0.3) is 0 Å². The molecule has 4 rings (SSSR count). The van der Waals surface area contributed by atoms with E-state index in [9.17, 15) is 0 Å². The Morgan fingerprint density at radius 2 is 1.96 bits per heavy atom. The smallest absolute Gasteiger partial charge is 0.184 e. The monoisotopic (exact) mass is 422 g/mol. The van der Waals surface area contributed by atoms with Crippen molar-refractivity contribution in [1.29, 1.82) is 0 Å². The summed E-state index contributed by atoms with van der Waals surface area (Å²) in [5.41, 5.74) is 2.90. The highest BCUT2D eigenvalue weighted by Gasteiger charge is 2.13. The van der Waals surface area contributed by atoms with Crippen LogP contribution >= 0.6 is 46.1 Å². The minimum atomic E-state index is 0.501. The van der Waals surface area contributed by atoms with Crippen molar-refractivity contribution in [2.45, 2.75) is 13.0 Å². The molecule has 0 spiro atoms. The van der Waals surface area contributed by atoms with Crippen LogP contribution in [-0.2, 0) is 13.0 Å². The molecule has 0 fully saturated rings. The van der Waals surface area contributed by atoms with Crippen molar-refractivity contribution >= 4 is 62.3 Å². The van der Waals surface area contributed by atoms with E-state index in [0.717, 1.165) is 37.2 Å². The molecule has 0 amide bonds. The predicted octanol–water partition coefficient (Wildman–Crippen LogP) is 6.18. The minimum absolute atomic E-state index is 0.501. The van der Waals surface area contributed by atoms with E-state index in [1.165, 1.54) is 11.3 Å². The number of fused-ring (bicyclic) bond motifs is 1. The van der Waals surface area contributed by atoms with Crippen LogP contribution in [0.2, 0.25) is 15.2 Å². The molecule has 1 aromatic carbocycles. The average molecular weight is 424 g/mol. The number of nitrogens with zero attached hydrogens (tertiary/aromatic N) is 2. The molecule has 0 radical (unpaired) electrons. The number of nitrogens with one attached hydrogen (secondary N) is 2. The Hall–Kier alpha value is -1.79. The van der Waals surface area contributed by atoms with Crippen LogP contribution < -0.4 is 5.32 Å². The van der Waals surface area contributed by atoms with Gasteiger partial charge in [-0.3, -0.25) is 0 Å². The van der Waals surface area contributed by atoms with Crippen molar-refractivity contribution in [1.82, 2.24) is 15.0 Å². The Labute approximate surface area is 169 Å². The molecule has 132 valence electrons. The normalized spacial score (nSPS) is 11.2. The van der Waals surface area contributed by atoms with Crippen molar-refractivity contribution in [2.24, 2.45) is 0 Å². The first-order valence-electron chi connectivity index (χ1n) is 7.84. The van der Waals surface area contributed by atoms with Crippen LogP contribution in [0.3, 0.4) is 0 Å². The molecule has 3 aromatic heterocycles. The lowest BCUT2D eigenvalue weighted by atomic mass is 10.1. The van der Waals surface area contributed by atoms with E-state index in [2.05, 4.69) is 20.3 Å². The SMILES string of the molecule is Clc1cnc2[nH]cc(Cc3sc(NCc4ccccc4Cl)nc3Cl)c2c1. The third-order valence-corrected chi connectivity index (χ3v) is 5.99. The second kappa shape index (κ2) is 7.45. The van der Waals surface area contributed by atoms with Gasteiger partial charge in [0.05, 0.1) is 9.90 Å². The van der Waals surface area contributed by atoms with E-state index >= 15 is 0 Å². The fourth-order valence-electron chi connectivity index (χ4n) is 2.68. The number of aromatic nitrogens is 3. The predicted molar refractivity (Wildman–Crippen MR) is 110 cm³/mol. The van der Waals surface area contributed by atoms with Crippen LogP contribution in [0.5, 0.6) is 0 Å². The summed E-state index contributed by atoms with van der Waals surface area (Å²) in [6, 6.07) is 9.62. The van der Waals surface area contributed by atoms with Gasteiger partial charge < -0.3 is 10.3 Å². The second-order valence-electron chi connectivity index (χ2n) is 5.72. The fraction of sp³-hybridized carbons (Fsp3) is 0.111. The van der Waals surface area contributed by atoms with Gasteiger partial charge in [-0.2, -0.15) is 0 Å². The first-order chi connectivity index (χ1) is 12.6. The van der Waals surface area contributed by atoms with Gasteiger partial charge >= 0.3 is 0 Å². The highest BCUT2D eigenvalue weighted by Crippen LogP contribution is 2.32. The van der Waals surface area contributed by atoms with Crippen LogP contribution in [0.25, 0.3) is 11.0 Å². The summed E-state index contributed by atoms with van der Waals surface area (Å²) >= 11 is 20.1. The highest BCUT2D eigenvalue weighted by molar-refractivity contribution is 7.16. The van der Waals surface area contributed by atoms with E-state index < -0.39 is 0 Å². The molecule has 0 unspecified atom stereocenters. The molecule has 26 heavy (non-hydrogen) atoms. The molecule has 8 heteroatoms. The van der Waals surface area contributed by atoms with Crippen LogP contribution in [0, 0.1) is 0 Å². The summed E-state index contributed by atoms with van der Waals surface area (Å²) < 4.78 is 0. The zero-order chi connectivity index (χ0) is 18.1. The lowest BCUT2D eigenvalue weighted by molar-refractivity contribution is 1.13. The lowest BCUT2D eigenvalue weighted by Crippen LogP contribution is -1.99. The Kier molecular flexibility index (Phi) is 5.05. The number of halogens is 3. The maximum Gasteiger partial charge on any atom is 0.184 e. The summed E-state index contributed by atoms with van der Waals surface area (Å²) in [5.74, 6) is 0. The number of aromatic amines is 1. The fourth-order valence-corrected chi connectivity index (χ4v) is 4.23. The van der Waals surface area contributed by atoms with Crippen LogP contribution in [-0.4, -0.2) is 15.0 Å². The highest BCUT2D eigenvalue weighted by atomic mass is 35.5. The number of H-pyrrole nitrogens is 1. The topological polar surface area (TPSA) is 53.6 Å². The van der Waals surface area contributed by atoms with Gasteiger partial charge in [-0.25, -0.2) is 9.97 Å². The zero-order valence-corrected chi connectivity index (χ0v) is 16.5. The van der Waals surface area contributed by atoms with Gasteiger partial charge in [0, 0.05) is 35.8 Å². The number of thiazole rings is 1. The number of hydrogen-bond acceptors (Lipinski definition) is 4. The maximum absolute atomic E-state index is 6.34. The van der Waals surface area contributed by atoms with Gasteiger partial charge in [-0.15, -0.1) is 11.3 Å². The molecule has 0 aliphatic carbocycles. The first kappa shape index (κ1) is 17.6. The van der Waals surface area contributed by atoms with Gasteiger partial charge in [0.1, 0.15) is 10.8 Å². The van der Waals surface area contributed by atoms with E-state index in [0.29, 0.717) is 23.1 Å². The van der Waals surface area contributed by atoms with E-state index in [1.807, 2.05) is 36.5 Å². The molecular weight excluding hydrogens is 411 g/mol. The Balaban J connectivity index is 1.53.